The Morgan fingerprint density at radius 3 is 2.79 bits per heavy atom. The molecule has 1 unspecified atom stereocenters. The number of hydrogen-bond donors (Lipinski definition) is 2. The quantitative estimate of drug-likeness (QED) is 0.762. The number of carbonyl (C=O) groups is 1. The van der Waals surface area contributed by atoms with Crippen LogP contribution in [0.25, 0.3) is 0 Å². The van der Waals surface area contributed by atoms with Gasteiger partial charge in [0, 0.05) is 16.7 Å². The fourth-order valence-electron chi connectivity index (χ4n) is 1.56. The minimum absolute atomic E-state index is 0.0698. The number of benzene rings is 1. The lowest BCUT2D eigenvalue weighted by Gasteiger charge is -2.24. The molecule has 1 aliphatic heterocycles. The number of nitrogens with one attached hydrogen (secondary N) is 2. The van der Waals surface area contributed by atoms with Gasteiger partial charge in [-0.05, 0) is 34.2 Å². The van der Waals surface area contributed by atoms with Gasteiger partial charge in [-0.3, -0.25) is 4.79 Å². The predicted molar refractivity (Wildman–Crippen MR) is 62.9 cm³/mol. The number of piperazine rings is 1. The summed E-state index contributed by atoms with van der Waals surface area (Å²) < 4.78 is 1.12. The summed E-state index contributed by atoms with van der Waals surface area (Å²) in [5, 5.41) is 6.06. The average Bonchev–Trinajstić information content (AvgIpc) is 2.20. The van der Waals surface area contributed by atoms with Gasteiger partial charge >= 0.3 is 0 Å². The fraction of sp³-hybridized carbons (Fsp3) is 0.300. The Balaban J connectivity index is 2.29. The molecule has 0 aliphatic carbocycles. The van der Waals surface area contributed by atoms with Crippen molar-refractivity contribution in [3.05, 3.63) is 33.4 Å². The summed E-state index contributed by atoms with van der Waals surface area (Å²) in [6.07, 6.45) is 0. The first-order valence-electron chi connectivity index (χ1n) is 4.54. The van der Waals surface area contributed by atoms with Crippen LogP contribution in [0.5, 0.6) is 0 Å². The molecule has 1 saturated heterocycles. The minimum atomic E-state index is -0.183. The molecule has 74 valence electrons. The summed E-state index contributed by atoms with van der Waals surface area (Å²) in [6, 6.07) is 7.76. The number of halogens is 1. The van der Waals surface area contributed by atoms with Crippen LogP contribution < -0.4 is 10.6 Å². The van der Waals surface area contributed by atoms with E-state index in [1.54, 1.807) is 0 Å². The van der Waals surface area contributed by atoms with E-state index in [2.05, 4.69) is 33.2 Å². The van der Waals surface area contributed by atoms with Crippen molar-refractivity contribution in [2.45, 2.75) is 6.04 Å². The summed E-state index contributed by atoms with van der Waals surface area (Å²) in [7, 11) is 0. The first-order chi connectivity index (χ1) is 6.79. The molecule has 3 nitrogen and oxygen atoms in total. The first-order valence-corrected chi connectivity index (χ1v) is 5.62. The molecule has 4 heteroatoms. The van der Waals surface area contributed by atoms with E-state index in [0.29, 0.717) is 0 Å². The zero-order valence-electron chi connectivity index (χ0n) is 7.59. The van der Waals surface area contributed by atoms with Crippen LogP contribution in [0.3, 0.4) is 0 Å². The monoisotopic (exact) mass is 302 g/mol. The predicted octanol–water partition coefficient (Wildman–Crippen LogP) is 1.05. The third-order valence-electron chi connectivity index (χ3n) is 2.25. The molecule has 0 bridgehead atoms. The molecule has 1 aromatic carbocycles. The lowest BCUT2D eigenvalue weighted by atomic mass is 10.1. The Hall–Kier alpha value is -0.620. The smallest absolute Gasteiger partial charge is 0.241 e. The van der Waals surface area contributed by atoms with Crippen molar-refractivity contribution in [3.63, 3.8) is 0 Å². The SMILES string of the molecule is O=C1NCCNC1c1ccccc1I. The van der Waals surface area contributed by atoms with E-state index in [4.69, 9.17) is 0 Å². The molecule has 1 amide bonds. The van der Waals surface area contributed by atoms with Crippen molar-refractivity contribution in [3.8, 4) is 0 Å². The van der Waals surface area contributed by atoms with Gasteiger partial charge in [0.25, 0.3) is 0 Å². The van der Waals surface area contributed by atoms with Crippen LogP contribution in [0.4, 0.5) is 0 Å². The molecule has 0 saturated carbocycles. The Kier molecular flexibility index (Phi) is 3.02. The van der Waals surface area contributed by atoms with Crippen molar-refractivity contribution in [2.24, 2.45) is 0 Å². The van der Waals surface area contributed by atoms with Crippen molar-refractivity contribution in [1.29, 1.82) is 0 Å². The zero-order valence-corrected chi connectivity index (χ0v) is 9.74. The van der Waals surface area contributed by atoms with E-state index >= 15 is 0 Å². The Bertz CT molecular complexity index is 354. The van der Waals surface area contributed by atoms with Gasteiger partial charge in [-0.2, -0.15) is 0 Å². The van der Waals surface area contributed by atoms with E-state index in [9.17, 15) is 4.79 Å². The van der Waals surface area contributed by atoms with Gasteiger partial charge in [0.1, 0.15) is 6.04 Å². The van der Waals surface area contributed by atoms with E-state index in [1.165, 1.54) is 0 Å². The highest BCUT2D eigenvalue weighted by Crippen LogP contribution is 2.20. The molecular formula is C10H11IN2O. The highest BCUT2D eigenvalue weighted by Gasteiger charge is 2.24. The summed E-state index contributed by atoms with van der Waals surface area (Å²) in [6.45, 7) is 1.56. The number of hydrogen-bond acceptors (Lipinski definition) is 2. The Morgan fingerprint density at radius 2 is 2.07 bits per heavy atom. The Labute approximate surface area is 96.4 Å². The zero-order chi connectivity index (χ0) is 9.97. The molecular weight excluding hydrogens is 291 g/mol. The van der Waals surface area contributed by atoms with Gasteiger partial charge < -0.3 is 10.6 Å². The van der Waals surface area contributed by atoms with Gasteiger partial charge in [-0.1, -0.05) is 18.2 Å². The normalized spacial score (nSPS) is 21.8. The van der Waals surface area contributed by atoms with Crippen molar-refractivity contribution in [2.75, 3.05) is 13.1 Å². The largest absolute Gasteiger partial charge is 0.353 e. The molecule has 14 heavy (non-hydrogen) atoms. The van der Waals surface area contributed by atoms with E-state index in [1.807, 2.05) is 24.3 Å². The summed E-state index contributed by atoms with van der Waals surface area (Å²) in [5.74, 6) is 0.0698. The van der Waals surface area contributed by atoms with Crippen LogP contribution in [-0.4, -0.2) is 19.0 Å². The van der Waals surface area contributed by atoms with Crippen LogP contribution in [-0.2, 0) is 4.79 Å². The van der Waals surface area contributed by atoms with Crippen LogP contribution >= 0.6 is 22.6 Å². The van der Waals surface area contributed by atoms with Crippen molar-refractivity contribution < 1.29 is 4.79 Å². The molecule has 2 rings (SSSR count). The average molecular weight is 302 g/mol. The third-order valence-corrected chi connectivity index (χ3v) is 3.23. The molecule has 1 fully saturated rings. The number of rotatable bonds is 1. The summed E-state index contributed by atoms with van der Waals surface area (Å²) in [5.41, 5.74) is 1.06. The van der Waals surface area contributed by atoms with Crippen LogP contribution in [0.1, 0.15) is 11.6 Å². The number of carbonyl (C=O) groups excluding carboxylic acids is 1. The molecule has 1 aromatic rings. The van der Waals surface area contributed by atoms with Crippen molar-refractivity contribution >= 4 is 28.5 Å². The second-order valence-electron chi connectivity index (χ2n) is 3.20. The standard InChI is InChI=1S/C10H11IN2O/c11-8-4-2-1-3-7(8)9-10(14)13-6-5-12-9/h1-4,9,12H,5-6H2,(H,13,14). The van der Waals surface area contributed by atoms with Gasteiger partial charge in [-0.15, -0.1) is 0 Å². The van der Waals surface area contributed by atoms with Crippen molar-refractivity contribution in [1.82, 2.24) is 10.6 Å². The van der Waals surface area contributed by atoms with Gasteiger partial charge in [0.15, 0.2) is 0 Å². The second kappa shape index (κ2) is 4.27. The van der Waals surface area contributed by atoms with Crippen LogP contribution in [0.2, 0.25) is 0 Å². The molecule has 1 atom stereocenters. The first kappa shape index (κ1) is 9.92. The molecule has 2 N–H and O–H groups in total. The van der Waals surface area contributed by atoms with E-state index < -0.39 is 0 Å². The molecule has 0 aromatic heterocycles. The maximum Gasteiger partial charge on any atom is 0.241 e. The van der Waals surface area contributed by atoms with Gasteiger partial charge in [-0.25, -0.2) is 0 Å². The van der Waals surface area contributed by atoms with Gasteiger partial charge in [0.05, 0.1) is 0 Å². The summed E-state index contributed by atoms with van der Waals surface area (Å²) >= 11 is 2.25. The van der Waals surface area contributed by atoms with Crippen LogP contribution in [0.15, 0.2) is 24.3 Å². The fourth-order valence-corrected chi connectivity index (χ4v) is 2.26. The molecule has 1 heterocycles. The maximum atomic E-state index is 11.6. The number of amides is 1. The molecule has 1 aliphatic rings. The topological polar surface area (TPSA) is 41.1 Å². The van der Waals surface area contributed by atoms with E-state index in [-0.39, 0.29) is 11.9 Å². The maximum absolute atomic E-state index is 11.6. The lowest BCUT2D eigenvalue weighted by Crippen LogP contribution is -2.47. The highest BCUT2D eigenvalue weighted by atomic mass is 127. The third kappa shape index (κ3) is 1.90. The molecule has 0 radical (unpaired) electrons. The van der Waals surface area contributed by atoms with Gasteiger partial charge in [0.2, 0.25) is 5.91 Å². The highest BCUT2D eigenvalue weighted by molar-refractivity contribution is 14.1. The molecule has 0 spiro atoms. The second-order valence-corrected chi connectivity index (χ2v) is 4.36. The minimum Gasteiger partial charge on any atom is -0.353 e. The van der Waals surface area contributed by atoms with Crippen LogP contribution in [0, 0.1) is 3.57 Å². The lowest BCUT2D eigenvalue weighted by molar-refractivity contribution is -0.124. The summed E-state index contributed by atoms with van der Waals surface area (Å²) in [4.78, 5) is 11.6. The van der Waals surface area contributed by atoms with E-state index in [0.717, 1.165) is 22.2 Å². The Morgan fingerprint density at radius 1 is 1.29 bits per heavy atom.